The highest BCUT2D eigenvalue weighted by Crippen LogP contribution is 2.41. The fourth-order valence-corrected chi connectivity index (χ4v) is 4.62. The zero-order valence-electron chi connectivity index (χ0n) is 20.2. The number of hydrogen-bond donors (Lipinski definition) is 2. The number of amides is 1. The van der Waals surface area contributed by atoms with Gasteiger partial charge in [0.15, 0.2) is 0 Å². The van der Waals surface area contributed by atoms with Crippen LogP contribution in [0.5, 0.6) is 0 Å². The first-order valence-electron chi connectivity index (χ1n) is 11.6. The van der Waals surface area contributed by atoms with Crippen molar-refractivity contribution in [3.8, 4) is 0 Å². The number of ether oxygens (including phenoxy) is 1. The van der Waals surface area contributed by atoms with Crippen molar-refractivity contribution in [2.45, 2.75) is 39.8 Å². The van der Waals surface area contributed by atoms with Gasteiger partial charge in [-0.15, -0.1) is 0 Å². The number of aliphatic hydroxyl groups is 1. The maximum absolute atomic E-state index is 15.0. The van der Waals surface area contributed by atoms with Gasteiger partial charge in [-0.1, -0.05) is 18.2 Å². The fourth-order valence-electron chi connectivity index (χ4n) is 4.62. The van der Waals surface area contributed by atoms with E-state index in [9.17, 15) is 23.9 Å². The van der Waals surface area contributed by atoms with Gasteiger partial charge in [0, 0.05) is 42.3 Å². The van der Waals surface area contributed by atoms with E-state index >= 15 is 0 Å². The highest BCUT2D eigenvalue weighted by Gasteiger charge is 2.47. The first kappa shape index (κ1) is 24.9. The van der Waals surface area contributed by atoms with E-state index in [1.54, 1.807) is 45.6 Å². The van der Waals surface area contributed by atoms with Gasteiger partial charge in [-0.2, -0.15) is 0 Å². The molecule has 2 N–H and O–H groups in total. The molecule has 1 saturated heterocycles. The van der Waals surface area contributed by atoms with Crippen LogP contribution in [0.2, 0.25) is 0 Å². The summed E-state index contributed by atoms with van der Waals surface area (Å²) in [6.45, 7) is 5.75. The molecule has 2 aromatic heterocycles. The lowest BCUT2D eigenvalue weighted by Gasteiger charge is -2.25. The van der Waals surface area contributed by atoms with Crippen molar-refractivity contribution < 1.29 is 28.6 Å². The summed E-state index contributed by atoms with van der Waals surface area (Å²) >= 11 is 0. The Morgan fingerprint density at radius 1 is 1.22 bits per heavy atom. The minimum Gasteiger partial charge on any atom is -0.507 e. The number of nitrogens with zero attached hydrogens (tertiary/aromatic N) is 3. The van der Waals surface area contributed by atoms with Gasteiger partial charge < -0.3 is 24.3 Å². The average molecular weight is 495 g/mol. The number of aryl methyl sites for hydroxylation is 2. The number of benzene rings is 1. The molecule has 1 unspecified atom stereocenters. The predicted octanol–water partition coefficient (Wildman–Crippen LogP) is 3.66. The number of aliphatic hydroxyl groups excluding tert-OH is 1. The summed E-state index contributed by atoms with van der Waals surface area (Å²) < 4.78 is 21.9. The van der Waals surface area contributed by atoms with Crippen LogP contribution in [-0.4, -0.2) is 55.4 Å². The molecule has 1 aromatic carbocycles. The molecule has 0 radical (unpaired) electrons. The predicted molar refractivity (Wildman–Crippen MR) is 128 cm³/mol. The van der Waals surface area contributed by atoms with E-state index in [-0.39, 0.29) is 35.5 Å². The molecule has 36 heavy (non-hydrogen) atoms. The molecular weight excluding hydrogens is 467 g/mol. The third-order valence-electron chi connectivity index (χ3n) is 6.27. The van der Waals surface area contributed by atoms with Crippen molar-refractivity contribution in [2.75, 3.05) is 13.2 Å². The first-order chi connectivity index (χ1) is 17.3. The number of aromatic amines is 1. The third-order valence-corrected chi connectivity index (χ3v) is 6.27. The van der Waals surface area contributed by atoms with E-state index in [1.165, 1.54) is 23.1 Å². The number of carbonyl (C=O) groups excluding carboxylic acids is 3. The van der Waals surface area contributed by atoms with Gasteiger partial charge >= 0.3 is 5.97 Å². The molecule has 1 amide bonds. The molecule has 3 aromatic rings. The van der Waals surface area contributed by atoms with E-state index in [0.29, 0.717) is 24.2 Å². The normalized spacial score (nSPS) is 17.1. The van der Waals surface area contributed by atoms with Crippen LogP contribution < -0.4 is 0 Å². The number of imidazole rings is 1. The second-order valence-electron chi connectivity index (χ2n) is 8.51. The summed E-state index contributed by atoms with van der Waals surface area (Å²) in [6, 6.07) is 4.72. The Morgan fingerprint density at radius 2 is 1.97 bits per heavy atom. The van der Waals surface area contributed by atoms with Crippen LogP contribution in [0.25, 0.3) is 5.76 Å². The van der Waals surface area contributed by atoms with Gasteiger partial charge in [-0.3, -0.25) is 9.59 Å². The van der Waals surface area contributed by atoms with Crippen molar-refractivity contribution in [3.05, 3.63) is 82.5 Å². The average Bonchev–Trinajstić information content (AvgIpc) is 3.53. The van der Waals surface area contributed by atoms with Crippen molar-refractivity contribution in [2.24, 2.45) is 0 Å². The van der Waals surface area contributed by atoms with Crippen molar-refractivity contribution in [3.63, 3.8) is 0 Å². The van der Waals surface area contributed by atoms with Crippen molar-refractivity contribution in [1.29, 1.82) is 0 Å². The highest BCUT2D eigenvalue weighted by atomic mass is 19.1. The molecular formula is C26H27FN4O5. The largest absolute Gasteiger partial charge is 0.507 e. The molecule has 3 heterocycles. The van der Waals surface area contributed by atoms with Crippen LogP contribution >= 0.6 is 0 Å². The summed E-state index contributed by atoms with van der Waals surface area (Å²) in [5.41, 5.74) is 0.975. The van der Waals surface area contributed by atoms with Gasteiger partial charge in [0.25, 0.3) is 11.7 Å². The van der Waals surface area contributed by atoms with Crippen LogP contribution in [0.4, 0.5) is 4.39 Å². The monoisotopic (exact) mass is 494 g/mol. The number of esters is 1. The molecule has 188 valence electrons. The van der Waals surface area contributed by atoms with E-state index < -0.39 is 35.3 Å². The maximum Gasteiger partial charge on any atom is 0.355 e. The number of halogens is 1. The zero-order valence-corrected chi connectivity index (χ0v) is 20.2. The number of aromatic nitrogens is 3. The number of H-pyrrole nitrogens is 1. The number of rotatable bonds is 8. The second-order valence-corrected chi connectivity index (χ2v) is 8.51. The number of hydrogen-bond acceptors (Lipinski definition) is 6. The van der Waals surface area contributed by atoms with E-state index in [0.717, 1.165) is 0 Å². The van der Waals surface area contributed by atoms with Crippen LogP contribution in [0.15, 0.2) is 48.6 Å². The van der Waals surface area contributed by atoms with E-state index in [4.69, 9.17) is 4.74 Å². The molecule has 10 heteroatoms. The topological polar surface area (TPSA) is 118 Å². The summed E-state index contributed by atoms with van der Waals surface area (Å²) in [5, 5.41) is 11.4. The molecule has 4 rings (SSSR count). The lowest BCUT2D eigenvalue weighted by Crippen LogP contribution is -2.31. The Hall–Kier alpha value is -4.21. The number of ketones is 1. The molecule has 1 atom stereocenters. The number of carbonyl (C=O) groups is 3. The number of Topliss-reactive ketones (excluding diaryl/α,β-unsaturated/α-hetero) is 1. The molecule has 0 saturated carbocycles. The van der Waals surface area contributed by atoms with E-state index in [1.807, 2.05) is 4.57 Å². The maximum atomic E-state index is 15.0. The molecule has 0 aliphatic carbocycles. The van der Waals surface area contributed by atoms with Crippen molar-refractivity contribution in [1.82, 2.24) is 19.4 Å². The van der Waals surface area contributed by atoms with Crippen LogP contribution in [0.1, 0.15) is 52.3 Å². The Kier molecular flexibility index (Phi) is 7.05. The van der Waals surface area contributed by atoms with Crippen LogP contribution in [0, 0.1) is 19.7 Å². The third kappa shape index (κ3) is 4.41. The van der Waals surface area contributed by atoms with Gasteiger partial charge in [-0.05, 0) is 38.8 Å². The Morgan fingerprint density at radius 3 is 2.64 bits per heavy atom. The summed E-state index contributed by atoms with van der Waals surface area (Å²) in [4.78, 5) is 46.9. The summed E-state index contributed by atoms with van der Waals surface area (Å²) in [7, 11) is 0. The first-order valence-corrected chi connectivity index (χ1v) is 11.6. The SMILES string of the molecule is CCOC(=O)c1[nH]c(C)c(/C(O)=C2\C(=O)C(=O)N(CCCn3ccnc3)C2c2ccccc2F)c1C. The Labute approximate surface area is 207 Å². The summed E-state index contributed by atoms with van der Waals surface area (Å²) in [5.74, 6) is -3.43. The minimum atomic E-state index is -1.13. The van der Waals surface area contributed by atoms with E-state index in [2.05, 4.69) is 9.97 Å². The summed E-state index contributed by atoms with van der Waals surface area (Å²) in [6.07, 6.45) is 5.53. The minimum absolute atomic E-state index is 0.0948. The lowest BCUT2D eigenvalue weighted by molar-refractivity contribution is -0.140. The number of likely N-dealkylation sites (tertiary alicyclic amines) is 1. The molecule has 1 aliphatic rings. The molecule has 0 spiro atoms. The van der Waals surface area contributed by atoms with Crippen LogP contribution in [-0.2, 0) is 20.9 Å². The zero-order chi connectivity index (χ0) is 26.0. The quantitative estimate of drug-likeness (QED) is 0.214. The molecule has 9 nitrogen and oxygen atoms in total. The smallest absolute Gasteiger partial charge is 0.355 e. The highest BCUT2D eigenvalue weighted by molar-refractivity contribution is 6.46. The van der Waals surface area contributed by atoms with Gasteiger partial charge in [0.1, 0.15) is 17.3 Å². The van der Waals surface area contributed by atoms with Gasteiger partial charge in [-0.25, -0.2) is 14.2 Å². The Bertz CT molecular complexity index is 1340. The fraction of sp³-hybridized carbons (Fsp3) is 0.308. The second kappa shape index (κ2) is 10.2. The number of nitrogens with one attached hydrogen (secondary N) is 1. The van der Waals surface area contributed by atoms with Gasteiger partial charge in [0.2, 0.25) is 0 Å². The van der Waals surface area contributed by atoms with Crippen LogP contribution in [0.3, 0.4) is 0 Å². The lowest BCUT2D eigenvalue weighted by atomic mass is 9.93. The standard InChI is InChI=1S/C26H27FN4O5/c1-4-36-26(35)21-15(2)19(16(3)29-21)23(32)20-22(17-8-5-6-9-18(17)27)31(25(34)24(20)33)12-7-11-30-13-10-28-14-30/h5-6,8-10,13-14,22,29,32H,4,7,11-12H2,1-3H3/b23-20+. The Balaban J connectivity index is 1.80. The molecule has 0 bridgehead atoms. The van der Waals surface area contributed by atoms with Crippen molar-refractivity contribution >= 4 is 23.4 Å². The molecule has 1 fully saturated rings. The van der Waals surface area contributed by atoms with Gasteiger partial charge in [0.05, 0.1) is 24.5 Å². The molecule has 1 aliphatic heterocycles.